The Morgan fingerprint density at radius 1 is 1.17 bits per heavy atom. The highest BCUT2D eigenvalue weighted by atomic mass is 32.2. The molecule has 1 amide bonds. The third-order valence-corrected chi connectivity index (χ3v) is 6.24. The molecule has 0 saturated carbocycles. The zero-order chi connectivity index (χ0) is 20.9. The van der Waals surface area contributed by atoms with Crippen molar-refractivity contribution in [1.82, 2.24) is 9.62 Å². The highest BCUT2D eigenvalue weighted by Crippen LogP contribution is 2.22. The van der Waals surface area contributed by atoms with Gasteiger partial charge in [0, 0.05) is 19.6 Å². The molecule has 9 heteroatoms. The summed E-state index contributed by atoms with van der Waals surface area (Å²) in [6, 6.07) is 12.3. The van der Waals surface area contributed by atoms with Gasteiger partial charge in [-0.1, -0.05) is 18.2 Å². The molecule has 0 aromatic heterocycles. The number of likely N-dealkylation sites (tertiary alicyclic amines) is 1. The van der Waals surface area contributed by atoms with Crippen LogP contribution in [0.25, 0.3) is 0 Å². The summed E-state index contributed by atoms with van der Waals surface area (Å²) in [5.74, 6) is -0.188. The Bertz CT molecular complexity index is 945. The molecule has 1 N–H and O–H groups in total. The van der Waals surface area contributed by atoms with E-state index < -0.39 is 21.9 Å². The molecule has 0 bridgehead atoms. The van der Waals surface area contributed by atoms with Crippen LogP contribution in [0.2, 0.25) is 0 Å². The number of para-hydroxylation sites is 1. The molecule has 1 fully saturated rings. The molecule has 2 aromatic carbocycles. The summed E-state index contributed by atoms with van der Waals surface area (Å²) >= 11 is 0. The van der Waals surface area contributed by atoms with Crippen LogP contribution in [0.15, 0.2) is 53.4 Å². The number of carbonyl (C=O) groups is 1. The lowest BCUT2D eigenvalue weighted by atomic mass is 9.97. The first-order valence-corrected chi connectivity index (χ1v) is 10.7. The van der Waals surface area contributed by atoms with Crippen LogP contribution in [-0.4, -0.2) is 46.2 Å². The normalized spacial score (nSPS) is 15.2. The van der Waals surface area contributed by atoms with Crippen LogP contribution < -0.4 is 14.2 Å². The van der Waals surface area contributed by atoms with Crippen molar-refractivity contribution in [1.29, 1.82) is 0 Å². The highest BCUT2D eigenvalue weighted by molar-refractivity contribution is 7.89. The molecule has 0 unspecified atom stereocenters. The Kier molecular flexibility index (Phi) is 6.71. The van der Waals surface area contributed by atoms with Gasteiger partial charge in [-0.2, -0.15) is 0 Å². The van der Waals surface area contributed by atoms with Gasteiger partial charge in [0.25, 0.3) is 0 Å². The van der Waals surface area contributed by atoms with Gasteiger partial charge in [0.2, 0.25) is 10.0 Å². The van der Waals surface area contributed by atoms with Crippen molar-refractivity contribution in [3.05, 3.63) is 54.3 Å². The van der Waals surface area contributed by atoms with E-state index in [1.807, 2.05) is 6.07 Å². The van der Waals surface area contributed by atoms with E-state index in [4.69, 9.17) is 9.47 Å². The van der Waals surface area contributed by atoms with Gasteiger partial charge < -0.3 is 14.4 Å². The highest BCUT2D eigenvalue weighted by Gasteiger charge is 2.26. The van der Waals surface area contributed by atoms with E-state index in [0.717, 1.165) is 6.07 Å². The number of hydrogen-bond acceptors (Lipinski definition) is 5. The number of amides is 1. The van der Waals surface area contributed by atoms with Crippen LogP contribution >= 0.6 is 0 Å². The van der Waals surface area contributed by atoms with E-state index in [9.17, 15) is 17.6 Å². The van der Waals surface area contributed by atoms with Gasteiger partial charge >= 0.3 is 6.09 Å². The van der Waals surface area contributed by atoms with Crippen LogP contribution in [0.5, 0.6) is 11.5 Å². The van der Waals surface area contributed by atoms with Crippen LogP contribution in [0.3, 0.4) is 0 Å². The summed E-state index contributed by atoms with van der Waals surface area (Å²) in [4.78, 5) is 13.7. The van der Waals surface area contributed by atoms with Gasteiger partial charge in [0.15, 0.2) is 11.6 Å². The molecule has 1 aliphatic rings. The van der Waals surface area contributed by atoms with Crippen molar-refractivity contribution < 1.29 is 27.1 Å². The zero-order valence-electron chi connectivity index (χ0n) is 16.0. The maximum atomic E-state index is 13.8. The third-order valence-electron chi connectivity index (χ3n) is 4.82. The number of piperidine rings is 1. The van der Waals surface area contributed by atoms with Crippen molar-refractivity contribution in [2.45, 2.75) is 17.7 Å². The zero-order valence-corrected chi connectivity index (χ0v) is 16.8. The van der Waals surface area contributed by atoms with E-state index in [0.29, 0.717) is 31.7 Å². The number of sulfonamides is 1. The fourth-order valence-corrected chi connectivity index (χ4v) is 4.23. The van der Waals surface area contributed by atoms with Crippen molar-refractivity contribution in [3.63, 3.8) is 0 Å². The van der Waals surface area contributed by atoms with Crippen LogP contribution in [0.4, 0.5) is 9.18 Å². The molecule has 0 spiro atoms. The molecule has 0 radical (unpaired) electrons. The second-order valence-corrected chi connectivity index (χ2v) is 8.53. The first-order chi connectivity index (χ1) is 13.9. The minimum atomic E-state index is -3.83. The van der Waals surface area contributed by atoms with E-state index >= 15 is 0 Å². The molecule has 29 heavy (non-hydrogen) atoms. The van der Waals surface area contributed by atoms with Gasteiger partial charge in [-0.25, -0.2) is 22.3 Å². The lowest BCUT2D eigenvalue weighted by molar-refractivity contribution is 0.131. The molecule has 7 nitrogen and oxygen atoms in total. The van der Waals surface area contributed by atoms with E-state index in [1.54, 1.807) is 29.2 Å². The molecule has 1 saturated heterocycles. The van der Waals surface area contributed by atoms with E-state index in [-0.39, 0.29) is 23.1 Å². The van der Waals surface area contributed by atoms with Gasteiger partial charge in [-0.3, -0.25) is 0 Å². The molecule has 2 aromatic rings. The number of nitrogens with one attached hydrogen (secondary N) is 1. The molecular formula is C20H23FN2O5S. The number of ether oxygens (including phenoxy) is 2. The van der Waals surface area contributed by atoms with Gasteiger partial charge in [-0.15, -0.1) is 0 Å². The second kappa shape index (κ2) is 9.23. The Hall–Kier alpha value is -2.65. The Balaban J connectivity index is 1.49. The second-order valence-electron chi connectivity index (χ2n) is 6.76. The summed E-state index contributed by atoms with van der Waals surface area (Å²) in [5, 5.41) is 0. The summed E-state index contributed by atoms with van der Waals surface area (Å²) < 4.78 is 51.2. The maximum Gasteiger partial charge on any atom is 0.415 e. The van der Waals surface area contributed by atoms with Crippen molar-refractivity contribution in [3.8, 4) is 11.5 Å². The summed E-state index contributed by atoms with van der Waals surface area (Å²) in [7, 11) is -2.52. The van der Waals surface area contributed by atoms with Crippen LogP contribution in [-0.2, 0) is 10.0 Å². The Morgan fingerprint density at radius 2 is 1.86 bits per heavy atom. The lowest BCUT2D eigenvalue weighted by Crippen LogP contribution is -2.42. The number of carbonyl (C=O) groups excluding carboxylic acids is 1. The topological polar surface area (TPSA) is 84.9 Å². The SMILES string of the molecule is COc1ccc(S(=O)(=O)NCC2CCN(C(=O)Oc3ccccc3)CC2)cc1F. The van der Waals surface area contributed by atoms with E-state index in [1.165, 1.54) is 19.2 Å². The van der Waals surface area contributed by atoms with Crippen LogP contribution in [0.1, 0.15) is 12.8 Å². The fourth-order valence-electron chi connectivity index (χ4n) is 3.10. The monoisotopic (exact) mass is 422 g/mol. The summed E-state index contributed by atoms with van der Waals surface area (Å²) in [6.07, 6.45) is 0.871. The molecule has 1 heterocycles. The van der Waals surface area contributed by atoms with Gasteiger partial charge in [0.05, 0.1) is 12.0 Å². The van der Waals surface area contributed by atoms with Crippen molar-refractivity contribution in [2.75, 3.05) is 26.7 Å². The Labute approximate surface area is 169 Å². The minimum Gasteiger partial charge on any atom is -0.494 e. The number of halogens is 1. The predicted molar refractivity (Wildman–Crippen MR) is 105 cm³/mol. The van der Waals surface area contributed by atoms with Gasteiger partial charge in [-0.05, 0) is 49.1 Å². The predicted octanol–water partition coefficient (Wildman–Crippen LogP) is 3.02. The average molecular weight is 422 g/mol. The Morgan fingerprint density at radius 3 is 2.48 bits per heavy atom. The minimum absolute atomic E-state index is 0.0151. The van der Waals surface area contributed by atoms with Gasteiger partial charge in [0.1, 0.15) is 5.75 Å². The van der Waals surface area contributed by atoms with E-state index in [2.05, 4.69) is 4.72 Å². The largest absolute Gasteiger partial charge is 0.494 e. The number of nitrogens with zero attached hydrogens (tertiary/aromatic N) is 1. The summed E-state index contributed by atoms with van der Waals surface area (Å²) in [5.41, 5.74) is 0. The number of rotatable bonds is 6. The molecule has 156 valence electrons. The molecular weight excluding hydrogens is 399 g/mol. The van der Waals surface area contributed by atoms with Crippen molar-refractivity contribution in [2.24, 2.45) is 5.92 Å². The number of hydrogen-bond donors (Lipinski definition) is 1. The lowest BCUT2D eigenvalue weighted by Gasteiger charge is -2.31. The molecule has 1 aliphatic heterocycles. The number of methoxy groups -OCH3 is 1. The third kappa shape index (κ3) is 5.45. The molecule has 0 atom stereocenters. The molecule has 0 aliphatic carbocycles. The summed E-state index contributed by atoms with van der Waals surface area (Å²) in [6.45, 7) is 1.18. The maximum absolute atomic E-state index is 13.8. The smallest absolute Gasteiger partial charge is 0.415 e. The first kappa shape index (κ1) is 21.1. The standard InChI is InChI=1S/C20H23FN2O5S/c1-27-19-8-7-17(13-18(19)21)29(25,26)22-14-15-9-11-23(12-10-15)20(24)28-16-5-3-2-4-6-16/h2-8,13,15,22H,9-12,14H2,1H3. The fraction of sp³-hybridized carbons (Fsp3) is 0.350. The quantitative estimate of drug-likeness (QED) is 0.774. The average Bonchev–Trinajstić information content (AvgIpc) is 2.73. The van der Waals surface area contributed by atoms with Crippen molar-refractivity contribution >= 4 is 16.1 Å². The molecule has 3 rings (SSSR count). The van der Waals surface area contributed by atoms with Crippen LogP contribution in [0, 0.1) is 11.7 Å². The first-order valence-electron chi connectivity index (χ1n) is 9.24. The number of benzene rings is 2.